The number of Topliss-reactive ketones (excluding diaryl/α,β-unsaturated/α-hetero) is 1. The minimum Gasteiger partial charge on any atom is -0.395 e. The minimum atomic E-state index is -3.21. The topological polar surface area (TPSA) is 101 Å². The average Bonchev–Trinajstić information content (AvgIpc) is 3.61. The zero-order chi connectivity index (χ0) is 22.8. The van der Waals surface area contributed by atoms with E-state index in [4.69, 9.17) is 5.11 Å². The predicted molar refractivity (Wildman–Crippen MR) is 124 cm³/mol. The van der Waals surface area contributed by atoms with Crippen LogP contribution in [0.5, 0.6) is 0 Å². The number of unbranched alkanes of at least 4 members (excludes halogenated alkanes) is 9. The van der Waals surface area contributed by atoms with Gasteiger partial charge >= 0.3 is 0 Å². The Kier molecular flexibility index (Phi) is 10.5. The van der Waals surface area contributed by atoms with Gasteiger partial charge < -0.3 is 10.4 Å². The standard InChI is InChI=1S/C24H43NO5S/c1-31(29,30)20-21(27)23(14-15-23)12-10-8-6-4-2-3-5-7-9-11-13-24(16-17-24)22(28)25-18-19-26/h26H,2-20H2,1H3,(H,25,28). The first-order valence-corrected chi connectivity index (χ1v) is 14.4. The first kappa shape index (κ1) is 26.3. The molecule has 1 amide bonds. The largest absolute Gasteiger partial charge is 0.395 e. The second-order valence-electron chi connectivity index (χ2n) is 10.1. The third kappa shape index (κ3) is 9.60. The van der Waals surface area contributed by atoms with Crippen LogP contribution in [0.1, 0.15) is 103 Å². The second kappa shape index (κ2) is 12.3. The van der Waals surface area contributed by atoms with Gasteiger partial charge in [0.15, 0.2) is 15.6 Å². The van der Waals surface area contributed by atoms with E-state index in [0.29, 0.717) is 6.54 Å². The molecule has 0 atom stereocenters. The molecule has 0 bridgehead atoms. The summed E-state index contributed by atoms with van der Waals surface area (Å²) in [7, 11) is -3.21. The minimum absolute atomic E-state index is 0.00759. The third-order valence-corrected chi connectivity index (χ3v) is 7.92. The van der Waals surface area contributed by atoms with Gasteiger partial charge in [0, 0.05) is 23.6 Å². The molecule has 0 radical (unpaired) electrons. The molecule has 2 N–H and O–H groups in total. The van der Waals surface area contributed by atoms with Gasteiger partial charge in [-0.25, -0.2) is 8.42 Å². The Morgan fingerprint density at radius 2 is 1.19 bits per heavy atom. The van der Waals surface area contributed by atoms with Crippen molar-refractivity contribution in [1.82, 2.24) is 5.32 Å². The monoisotopic (exact) mass is 457 g/mol. The van der Waals surface area contributed by atoms with Crippen LogP contribution in [0.15, 0.2) is 0 Å². The Bertz CT molecular complexity index is 680. The molecule has 0 aliphatic heterocycles. The summed E-state index contributed by atoms with van der Waals surface area (Å²) >= 11 is 0. The molecule has 0 aromatic rings. The van der Waals surface area contributed by atoms with Gasteiger partial charge in [-0.1, -0.05) is 64.2 Å². The molecule has 180 valence electrons. The Morgan fingerprint density at radius 1 is 0.774 bits per heavy atom. The number of hydrogen-bond donors (Lipinski definition) is 2. The number of carbonyl (C=O) groups is 2. The van der Waals surface area contributed by atoms with E-state index >= 15 is 0 Å². The van der Waals surface area contributed by atoms with Crippen molar-refractivity contribution in [1.29, 1.82) is 0 Å². The second-order valence-corrected chi connectivity index (χ2v) is 12.2. The lowest BCUT2D eigenvalue weighted by Gasteiger charge is -2.14. The van der Waals surface area contributed by atoms with Crippen molar-refractivity contribution in [3.05, 3.63) is 0 Å². The van der Waals surface area contributed by atoms with Crippen molar-refractivity contribution in [2.24, 2.45) is 10.8 Å². The van der Waals surface area contributed by atoms with Crippen LogP contribution in [0.3, 0.4) is 0 Å². The fourth-order valence-electron chi connectivity index (χ4n) is 4.65. The number of aliphatic hydroxyl groups excluding tert-OH is 1. The van der Waals surface area contributed by atoms with Gasteiger partial charge in [-0.2, -0.15) is 0 Å². The maximum Gasteiger partial charge on any atom is 0.226 e. The molecular weight excluding hydrogens is 414 g/mol. The number of sulfone groups is 1. The first-order valence-electron chi connectivity index (χ1n) is 12.3. The number of hydrogen-bond acceptors (Lipinski definition) is 5. The maximum atomic E-state index is 12.2. The highest BCUT2D eigenvalue weighted by Gasteiger charge is 2.49. The zero-order valence-corrected chi connectivity index (χ0v) is 20.2. The summed E-state index contributed by atoms with van der Waals surface area (Å²) in [5.41, 5.74) is -0.425. The smallest absolute Gasteiger partial charge is 0.226 e. The van der Waals surface area contributed by atoms with Crippen molar-refractivity contribution in [2.45, 2.75) is 103 Å². The van der Waals surface area contributed by atoms with Crippen molar-refractivity contribution in [2.75, 3.05) is 25.2 Å². The van der Waals surface area contributed by atoms with Crippen LogP contribution >= 0.6 is 0 Å². The van der Waals surface area contributed by atoms with E-state index < -0.39 is 9.84 Å². The molecule has 2 saturated carbocycles. The molecule has 7 heteroatoms. The van der Waals surface area contributed by atoms with Crippen LogP contribution in [0, 0.1) is 10.8 Å². The van der Waals surface area contributed by atoms with Crippen LogP contribution in [0.2, 0.25) is 0 Å². The quantitative estimate of drug-likeness (QED) is 0.286. The Morgan fingerprint density at radius 3 is 1.58 bits per heavy atom. The highest BCUT2D eigenvalue weighted by molar-refractivity contribution is 7.91. The van der Waals surface area contributed by atoms with Crippen LogP contribution in [0.25, 0.3) is 0 Å². The molecule has 2 rings (SSSR count). The summed E-state index contributed by atoms with van der Waals surface area (Å²) in [4.78, 5) is 24.3. The van der Waals surface area contributed by atoms with E-state index in [1.165, 1.54) is 44.9 Å². The Balaban J connectivity index is 1.39. The summed E-state index contributed by atoms with van der Waals surface area (Å²) in [6, 6.07) is 0. The molecule has 2 aliphatic carbocycles. The molecule has 0 aromatic carbocycles. The lowest BCUT2D eigenvalue weighted by atomic mass is 9.94. The van der Waals surface area contributed by atoms with Gasteiger partial charge in [-0.05, 0) is 38.5 Å². The summed E-state index contributed by atoms with van der Waals surface area (Å²) < 4.78 is 22.7. The van der Waals surface area contributed by atoms with Crippen molar-refractivity contribution < 1.29 is 23.1 Å². The molecule has 0 saturated heterocycles. The van der Waals surface area contributed by atoms with E-state index in [9.17, 15) is 18.0 Å². The fraction of sp³-hybridized carbons (Fsp3) is 0.917. The van der Waals surface area contributed by atoms with Crippen LogP contribution in [-0.4, -0.2) is 50.4 Å². The lowest BCUT2D eigenvalue weighted by molar-refractivity contribution is -0.126. The summed E-state index contributed by atoms with van der Waals surface area (Å²) in [6.45, 7) is 0.371. The van der Waals surface area contributed by atoms with Crippen LogP contribution in [-0.2, 0) is 19.4 Å². The van der Waals surface area contributed by atoms with Crippen molar-refractivity contribution >= 4 is 21.5 Å². The first-order chi connectivity index (χ1) is 14.7. The van der Waals surface area contributed by atoms with Gasteiger partial charge in [0.2, 0.25) is 5.91 Å². The van der Waals surface area contributed by atoms with Gasteiger partial charge in [-0.3, -0.25) is 9.59 Å². The molecular formula is C24H43NO5S. The summed E-state index contributed by atoms with van der Waals surface area (Å²) in [5, 5.41) is 11.6. The Labute approximate surface area is 188 Å². The van der Waals surface area contributed by atoms with Gasteiger partial charge in [0.05, 0.1) is 6.61 Å². The summed E-state index contributed by atoms with van der Waals surface area (Å²) in [5.74, 6) is -0.215. The van der Waals surface area contributed by atoms with Crippen molar-refractivity contribution in [3.63, 3.8) is 0 Å². The lowest BCUT2D eigenvalue weighted by Crippen LogP contribution is -2.33. The average molecular weight is 458 g/mol. The van der Waals surface area contributed by atoms with E-state index in [-0.39, 0.29) is 34.9 Å². The highest BCUT2D eigenvalue weighted by atomic mass is 32.2. The molecule has 2 aliphatic rings. The SMILES string of the molecule is CS(=O)(=O)CC(=O)C1(CCCCCCCCCCCCC2(C(=O)NCCO)CC2)CC1. The molecule has 31 heavy (non-hydrogen) atoms. The number of nitrogens with one attached hydrogen (secondary N) is 1. The zero-order valence-electron chi connectivity index (χ0n) is 19.4. The molecule has 2 fully saturated rings. The van der Waals surface area contributed by atoms with Crippen molar-refractivity contribution in [3.8, 4) is 0 Å². The molecule has 0 unspecified atom stereocenters. The van der Waals surface area contributed by atoms with E-state index in [2.05, 4.69) is 5.32 Å². The van der Waals surface area contributed by atoms with Gasteiger partial charge in [-0.15, -0.1) is 0 Å². The number of ketones is 1. The number of carbonyl (C=O) groups excluding carboxylic acids is 2. The maximum absolute atomic E-state index is 12.2. The van der Waals surface area contributed by atoms with Gasteiger partial charge in [0.25, 0.3) is 0 Å². The van der Waals surface area contributed by atoms with Crippen LogP contribution < -0.4 is 5.32 Å². The van der Waals surface area contributed by atoms with E-state index in [1.54, 1.807) is 0 Å². The van der Waals surface area contributed by atoms with Gasteiger partial charge in [0.1, 0.15) is 5.75 Å². The number of aliphatic hydroxyl groups is 1. The highest BCUT2D eigenvalue weighted by Crippen LogP contribution is 2.51. The number of amides is 1. The molecule has 0 spiro atoms. The molecule has 0 aromatic heterocycles. The predicted octanol–water partition coefficient (Wildman–Crippen LogP) is 3.95. The van der Waals surface area contributed by atoms with E-state index in [1.807, 2.05) is 0 Å². The third-order valence-electron chi connectivity index (χ3n) is 7.13. The Hall–Kier alpha value is -0.950. The molecule has 0 heterocycles. The van der Waals surface area contributed by atoms with Crippen LogP contribution in [0.4, 0.5) is 0 Å². The molecule has 6 nitrogen and oxygen atoms in total. The fourth-order valence-corrected chi connectivity index (χ4v) is 5.43. The van der Waals surface area contributed by atoms with E-state index in [0.717, 1.165) is 64.0 Å². The summed E-state index contributed by atoms with van der Waals surface area (Å²) in [6.07, 6.45) is 18.6. The normalized spacial score (nSPS) is 18.5. The number of rotatable bonds is 19.